The number of amides is 2. The van der Waals surface area contributed by atoms with Crippen molar-refractivity contribution in [2.45, 2.75) is 40.0 Å². The molecule has 6 nitrogen and oxygen atoms in total. The summed E-state index contributed by atoms with van der Waals surface area (Å²) in [6.07, 6.45) is 0. The van der Waals surface area contributed by atoms with Crippen molar-refractivity contribution in [2.24, 2.45) is 0 Å². The molecule has 1 heterocycles. The number of nitrogens with zero attached hydrogens (tertiary/aromatic N) is 3. The third-order valence-electron chi connectivity index (χ3n) is 5.14. The van der Waals surface area contributed by atoms with Gasteiger partial charge in [0.2, 0.25) is 5.91 Å². The number of hydrogen-bond donors (Lipinski definition) is 1. The molecule has 0 unspecified atom stereocenters. The molecule has 2 amide bonds. The van der Waals surface area contributed by atoms with E-state index < -0.39 is 0 Å². The number of benzene rings is 2. The minimum Gasteiger partial charge on any atom is -0.330 e. The molecule has 1 aromatic heterocycles. The monoisotopic (exact) mass is 486 g/mol. The van der Waals surface area contributed by atoms with E-state index in [1.807, 2.05) is 44.2 Å². The SMILES string of the molecule is CCN(CC(=O)Nc1cc(C(C)(C)C)nn1-c1ccc(C)cc1)C(=O)c1cc(Cl)cc(Cl)c1. The lowest BCUT2D eigenvalue weighted by molar-refractivity contribution is -0.116. The van der Waals surface area contributed by atoms with Crippen molar-refractivity contribution >= 4 is 40.8 Å². The highest BCUT2D eigenvalue weighted by atomic mass is 35.5. The third-order valence-corrected chi connectivity index (χ3v) is 5.57. The van der Waals surface area contributed by atoms with Gasteiger partial charge < -0.3 is 10.2 Å². The van der Waals surface area contributed by atoms with Gasteiger partial charge in [0, 0.05) is 33.6 Å². The first-order valence-electron chi connectivity index (χ1n) is 10.7. The van der Waals surface area contributed by atoms with Gasteiger partial charge in [0.1, 0.15) is 12.4 Å². The lowest BCUT2D eigenvalue weighted by Crippen LogP contribution is -2.38. The summed E-state index contributed by atoms with van der Waals surface area (Å²) in [5.41, 5.74) is 2.94. The van der Waals surface area contributed by atoms with E-state index in [1.165, 1.54) is 4.90 Å². The number of rotatable bonds is 6. The van der Waals surface area contributed by atoms with Gasteiger partial charge in [-0.15, -0.1) is 0 Å². The molecule has 3 aromatic rings. The van der Waals surface area contributed by atoms with Crippen LogP contribution in [-0.2, 0) is 10.2 Å². The van der Waals surface area contributed by atoms with Gasteiger partial charge in [-0.3, -0.25) is 9.59 Å². The third kappa shape index (κ3) is 6.15. The van der Waals surface area contributed by atoms with Crippen LogP contribution in [0.3, 0.4) is 0 Å². The van der Waals surface area contributed by atoms with E-state index in [9.17, 15) is 9.59 Å². The Bertz CT molecular complexity index is 1140. The largest absolute Gasteiger partial charge is 0.330 e. The van der Waals surface area contributed by atoms with Gasteiger partial charge in [-0.1, -0.05) is 61.7 Å². The maximum atomic E-state index is 12.9. The molecular formula is C25H28Cl2N4O2. The van der Waals surface area contributed by atoms with Gasteiger partial charge in [0.25, 0.3) is 5.91 Å². The minimum absolute atomic E-state index is 0.122. The van der Waals surface area contributed by atoms with E-state index in [1.54, 1.807) is 22.9 Å². The van der Waals surface area contributed by atoms with Gasteiger partial charge in [0.15, 0.2) is 0 Å². The van der Waals surface area contributed by atoms with Gasteiger partial charge in [-0.05, 0) is 44.2 Å². The predicted octanol–water partition coefficient (Wildman–Crippen LogP) is 5.89. The van der Waals surface area contributed by atoms with Crippen LogP contribution >= 0.6 is 23.2 Å². The summed E-state index contributed by atoms with van der Waals surface area (Å²) in [6.45, 7) is 10.2. The molecule has 0 aliphatic rings. The summed E-state index contributed by atoms with van der Waals surface area (Å²) in [6, 6.07) is 14.4. The van der Waals surface area contributed by atoms with Gasteiger partial charge >= 0.3 is 0 Å². The summed E-state index contributed by atoms with van der Waals surface area (Å²) in [5, 5.41) is 8.38. The van der Waals surface area contributed by atoms with Crippen molar-refractivity contribution in [1.82, 2.24) is 14.7 Å². The van der Waals surface area contributed by atoms with Crippen LogP contribution in [-0.4, -0.2) is 39.6 Å². The predicted molar refractivity (Wildman–Crippen MR) is 134 cm³/mol. The zero-order valence-corrected chi connectivity index (χ0v) is 21.0. The van der Waals surface area contributed by atoms with Crippen LogP contribution in [0.1, 0.15) is 49.3 Å². The molecule has 3 rings (SSSR count). The number of hydrogen-bond acceptors (Lipinski definition) is 3. The van der Waals surface area contributed by atoms with Crippen molar-refractivity contribution in [1.29, 1.82) is 0 Å². The van der Waals surface area contributed by atoms with Crippen LogP contribution in [0, 0.1) is 6.92 Å². The lowest BCUT2D eigenvalue weighted by Gasteiger charge is -2.21. The molecule has 1 N–H and O–H groups in total. The summed E-state index contributed by atoms with van der Waals surface area (Å²) in [5.74, 6) is -0.102. The smallest absolute Gasteiger partial charge is 0.254 e. The zero-order valence-electron chi connectivity index (χ0n) is 19.4. The second-order valence-electron chi connectivity index (χ2n) is 8.94. The van der Waals surface area contributed by atoms with Crippen molar-refractivity contribution in [3.8, 4) is 5.69 Å². The number of nitrogens with one attached hydrogen (secondary N) is 1. The highest BCUT2D eigenvalue weighted by Crippen LogP contribution is 2.26. The average molecular weight is 487 g/mol. The molecule has 0 aliphatic heterocycles. The van der Waals surface area contributed by atoms with E-state index in [0.717, 1.165) is 16.9 Å². The lowest BCUT2D eigenvalue weighted by atomic mass is 9.92. The van der Waals surface area contributed by atoms with Crippen LogP contribution < -0.4 is 5.32 Å². The fraction of sp³-hybridized carbons (Fsp3) is 0.320. The Labute approximate surface area is 204 Å². The molecule has 0 spiro atoms. The molecule has 0 radical (unpaired) electrons. The Hall–Kier alpha value is -2.83. The van der Waals surface area contributed by atoms with E-state index >= 15 is 0 Å². The summed E-state index contributed by atoms with van der Waals surface area (Å²) < 4.78 is 1.72. The van der Waals surface area contributed by atoms with E-state index in [2.05, 4.69) is 26.1 Å². The standard InChI is InChI=1S/C25H28Cl2N4O2/c1-6-30(24(33)17-11-18(26)13-19(27)12-17)15-23(32)28-22-14-21(25(3,4)5)29-31(22)20-9-7-16(2)8-10-20/h7-14H,6,15H2,1-5H3,(H,28,32). The molecule has 8 heteroatoms. The average Bonchev–Trinajstić information content (AvgIpc) is 3.15. The highest BCUT2D eigenvalue weighted by molar-refractivity contribution is 6.35. The topological polar surface area (TPSA) is 67.2 Å². The van der Waals surface area contributed by atoms with Crippen LogP contribution in [0.5, 0.6) is 0 Å². The molecule has 0 atom stereocenters. The van der Waals surface area contributed by atoms with Crippen LogP contribution in [0.2, 0.25) is 10.0 Å². The van der Waals surface area contributed by atoms with Crippen molar-refractivity contribution in [3.05, 3.63) is 75.4 Å². The molecular weight excluding hydrogens is 459 g/mol. The first kappa shape index (κ1) is 24.8. The summed E-state index contributed by atoms with van der Waals surface area (Å²) in [7, 11) is 0. The highest BCUT2D eigenvalue weighted by Gasteiger charge is 2.23. The second-order valence-corrected chi connectivity index (χ2v) is 9.81. The first-order chi connectivity index (χ1) is 15.5. The van der Waals surface area contributed by atoms with Crippen LogP contribution in [0.25, 0.3) is 5.69 Å². The summed E-state index contributed by atoms with van der Waals surface area (Å²) >= 11 is 12.1. The molecule has 174 valence electrons. The normalized spacial score (nSPS) is 11.4. The number of carbonyl (C=O) groups is 2. The Balaban J connectivity index is 1.84. The fourth-order valence-corrected chi connectivity index (χ4v) is 3.79. The molecule has 0 bridgehead atoms. The summed E-state index contributed by atoms with van der Waals surface area (Å²) in [4.78, 5) is 27.3. The second kappa shape index (κ2) is 9.98. The number of aromatic nitrogens is 2. The fourth-order valence-electron chi connectivity index (χ4n) is 3.26. The molecule has 2 aromatic carbocycles. The number of carbonyl (C=O) groups excluding carboxylic acids is 2. The van der Waals surface area contributed by atoms with Crippen LogP contribution in [0.15, 0.2) is 48.5 Å². The number of anilines is 1. The van der Waals surface area contributed by atoms with E-state index in [0.29, 0.717) is 28.0 Å². The van der Waals surface area contributed by atoms with Crippen molar-refractivity contribution in [2.75, 3.05) is 18.4 Å². The molecule has 0 saturated heterocycles. The van der Waals surface area contributed by atoms with Gasteiger partial charge in [-0.2, -0.15) is 5.10 Å². The van der Waals surface area contributed by atoms with E-state index in [4.69, 9.17) is 28.3 Å². The van der Waals surface area contributed by atoms with Gasteiger partial charge in [-0.25, -0.2) is 4.68 Å². The van der Waals surface area contributed by atoms with Crippen molar-refractivity contribution < 1.29 is 9.59 Å². The maximum Gasteiger partial charge on any atom is 0.254 e. The Morgan fingerprint density at radius 1 is 1.03 bits per heavy atom. The Morgan fingerprint density at radius 2 is 1.64 bits per heavy atom. The molecule has 0 saturated carbocycles. The molecule has 0 fully saturated rings. The van der Waals surface area contributed by atoms with Gasteiger partial charge in [0.05, 0.1) is 11.4 Å². The van der Waals surface area contributed by atoms with Crippen LogP contribution in [0.4, 0.5) is 5.82 Å². The maximum absolute atomic E-state index is 12.9. The Kier molecular flexibility index (Phi) is 7.50. The number of likely N-dealkylation sites (N-methyl/N-ethyl adjacent to an activating group) is 1. The number of aryl methyl sites for hydroxylation is 1. The van der Waals surface area contributed by atoms with Crippen molar-refractivity contribution in [3.63, 3.8) is 0 Å². The number of halogens is 2. The zero-order chi connectivity index (χ0) is 24.3. The first-order valence-corrected chi connectivity index (χ1v) is 11.5. The molecule has 0 aliphatic carbocycles. The molecule has 33 heavy (non-hydrogen) atoms. The minimum atomic E-state index is -0.327. The quantitative estimate of drug-likeness (QED) is 0.472. The van der Waals surface area contributed by atoms with E-state index in [-0.39, 0.29) is 23.8 Å². The Morgan fingerprint density at radius 3 is 2.18 bits per heavy atom.